The average Bonchev–Trinajstić information content (AvgIpc) is 2.98. The van der Waals surface area contributed by atoms with Gasteiger partial charge in [-0.1, -0.05) is 40.7 Å². The SMILES string of the molecule is CCCNC(N)=O.COC(C)NCC(=O)NC(C(=O)NCC(=O)Nc1ccc(COC(=O)C(C)C)cc1OCC(=O)O)C(C)C. The lowest BCUT2D eigenvalue weighted by Gasteiger charge is -2.22. The first-order valence-electron chi connectivity index (χ1n) is 14.4. The van der Waals surface area contributed by atoms with Gasteiger partial charge in [0.1, 0.15) is 24.6 Å². The summed E-state index contributed by atoms with van der Waals surface area (Å²) in [6.45, 7) is 10.1. The quantitative estimate of drug-likeness (QED) is 0.0870. The molecular formula is C29H48N6O10. The molecule has 0 heterocycles. The largest absolute Gasteiger partial charge is 0.480 e. The second-order valence-corrected chi connectivity index (χ2v) is 10.4. The monoisotopic (exact) mass is 640 g/mol. The summed E-state index contributed by atoms with van der Waals surface area (Å²) < 4.78 is 15.5. The fourth-order valence-electron chi connectivity index (χ4n) is 3.14. The summed E-state index contributed by atoms with van der Waals surface area (Å²) in [5, 5.41) is 21.9. The minimum Gasteiger partial charge on any atom is -0.480 e. The van der Waals surface area contributed by atoms with E-state index in [1.165, 1.54) is 19.2 Å². The number of benzene rings is 1. The predicted octanol–water partition coefficient (Wildman–Crippen LogP) is 0.691. The van der Waals surface area contributed by atoms with Crippen LogP contribution in [0, 0.1) is 11.8 Å². The number of anilines is 1. The number of amides is 5. The van der Waals surface area contributed by atoms with Gasteiger partial charge in [0.25, 0.3) is 0 Å². The van der Waals surface area contributed by atoms with Crippen LogP contribution in [0.2, 0.25) is 0 Å². The van der Waals surface area contributed by atoms with E-state index in [-0.39, 0.29) is 42.7 Å². The number of carbonyl (C=O) groups is 6. The number of nitrogens with one attached hydrogen (secondary N) is 5. The summed E-state index contributed by atoms with van der Waals surface area (Å²) in [4.78, 5) is 69.9. The third kappa shape index (κ3) is 18.7. The Labute approximate surface area is 263 Å². The van der Waals surface area contributed by atoms with Crippen LogP contribution in [0.3, 0.4) is 0 Å². The van der Waals surface area contributed by atoms with Gasteiger partial charge < -0.3 is 46.3 Å². The molecule has 254 valence electrons. The number of esters is 1. The molecular weight excluding hydrogens is 592 g/mol. The number of ether oxygens (including phenoxy) is 3. The van der Waals surface area contributed by atoms with E-state index < -0.39 is 54.9 Å². The number of nitrogens with two attached hydrogens (primary N) is 1. The van der Waals surface area contributed by atoms with E-state index >= 15 is 0 Å². The van der Waals surface area contributed by atoms with Crippen molar-refractivity contribution in [2.24, 2.45) is 17.6 Å². The molecule has 1 aromatic carbocycles. The Morgan fingerprint density at radius 1 is 0.956 bits per heavy atom. The number of aliphatic carboxylic acids is 1. The normalized spacial score (nSPS) is 11.8. The summed E-state index contributed by atoms with van der Waals surface area (Å²) in [6.07, 6.45) is 0.590. The van der Waals surface area contributed by atoms with Crippen molar-refractivity contribution in [1.82, 2.24) is 21.3 Å². The topological polar surface area (TPSA) is 237 Å². The van der Waals surface area contributed by atoms with Crippen molar-refractivity contribution in [3.63, 3.8) is 0 Å². The van der Waals surface area contributed by atoms with E-state index in [2.05, 4.69) is 26.6 Å². The van der Waals surface area contributed by atoms with Gasteiger partial charge in [0.2, 0.25) is 17.7 Å². The Bertz CT molecular complexity index is 1130. The number of hydrogen-bond acceptors (Lipinski definition) is 10. The van der Waals surface area contributed by atoms with E-state index in [0.29, 0.717) is 12.1 Å². The van der Waals surface area contributed by atoms with Crippen molar-refractivity contribution in [2.45, 2.75) is 66.8 Å². The molecule has 2 unspecified atom stereocenters. The Morgan fingerprint density at radius 2 is 1.62 bits per heavy atom. The number of carboxylic acid groups (broad SMARTS) is 1. The molecule has 16 nitrogen and oxygen atoms in total. The van der Waals surface area contributed by atoms with Crippen LogP contribution in [-0.4, -0.2) is 86.4 Å². The van der Waals surface area contributed by atoms with Crippen molar-refractivity contribution < 1.29 is 48.1 Å². The van der Waals surface area contributed by atoms with Crippen molar-refractivity contribution in [1.29, 1.82) is 0 Å². The van der Waals surface area contributed by atoms with Gasteiger partial charge in [0, 0.05) is 13.7 Å². The Balaban J connectivity index is 0.00000246. The summed E-state index contributed by atoms with van der Waals surface area (Å²) in [7, 11) is 1.49. The molecule has 8 N–H and O–H groups in total. The first-order chi connectivity index (χ1) is 21.1. The van der Waals surface area contributed by atoms with E-state index in [0.717, 1.165) is 6.42 Å². The highest BCUT2D eigenvalue weighted by molar-refractivity contribution is 5.97. The van der Waals surface area contributed by atoms with Crippen molar-refractivity contribution in [3.05, 3.63) is 23.8 Å². The Morgan fingerprint density at radius 3 is 2.13 bits per heavy atom. The van der Waals surface area contributed by atoms with Gasteiger partial charge in [0.15, 0.2) is 6.61 Å². The minimum atomic E-state index is -1.22. The maximum Gasteiger partial charge on any atom is 0.341 e. The van der Waals surface area contributed by atoms with Crippen molar-refractivity contribution in [2.75, 3.05) is 38.7 Å². The number of carbonyl (C=O) groups excluding carboxylic acids is 5. The molecule has 0 radical (unpaired) electrons. The van der Waals surface area contributed by atoms with Gasteiger partial charge in [-0.05, 0) is 37.0 Å². The molecule has 0 saturated heterocycles. The van der Waals surface area contributed by atoms with Crippen molar-refractivity contribution in [3.8, 4) is 5.75 Å². The van der Waals surface area contributed by atoms with E-state index in [1.54, 1.807) is 40.7 Å². The third-order valence-corrected chi connectivity index (χ3v) is 5.67. The van der Waals surface area contributed by atoms with Gasteiger partial charge in [-0.25, -0.2) is 9.59 Å². The molecule has 0 aliphatic rings. The number of primary amides is 1. The van der Waals surface area contributed by atoms with Crippen LogP contribution in [0.25, 0.3) is 0 Å². The Kier molecular flexibility index (Phi) is 19.9. The van der Waals surface area contributed by atoms with Crippen LogP contribution >= 0.6 is 0 Å². The highest BCUT2D eigenvalue weighted by atomic mass is 16.5. The molecule has 0 aliphatic carbocycles. The van der Waals surface area contributed by atoms with Gasteiger partial charge >= 0.3 is 18.0 Å². The molecule has 0 aliphatic heterocycles. The molecule has 0 spiro atoms. The van der Waals surface area contributed by atoms with Crippen LogP contribution < -0.4 is 37.1 Å². The first kappa shape index (κ1) is 40.6. The predicted molar refractivity (Wildman–Crippen MR) is 165 cm³/mol. The molecule has 1 aromatic rings. The molecule has 0 aromatic heterocycles. The molecule has 0 fully saturated rings. The summed E-state index contributed by atoms with van der Waals surface area (Å²) >= 11 is 0. The lowest BCUT2D eigenvalue weighted by Crippen LogP contribution is -2.53. The van der Waals surface area contributed by atoms with Crippen LogP contribution in [0.1, 0.15) is 53.5 Å². The van der Waals surface area contributed by atoms with Crippen molar-refractivity contribution >= 4 is 41.4 Å². The van der Waals surface area contributed by atoms with Gasteiger partial charge in [-0.3, -0.25) is 24.5 Å². The molecule has 0 saturated carbocycles. The lowest BCUT2D eigenvalue weighted by atomic mass is 10.0. The van der Waals surface area contributed by atoms with Crippen LogP contribution in [-0.2, 0) is 40.1 Å². The summed E-state index contributed by atoms with van der Waals surface area (Å²) in [5.74, 6) is -3.71. The molecule has 45 heavy (non-hydrogen) atoms. The zero-order chi connectivity index (χ0) is 34.5. The Hall–Kier alpha value is -4.44. The van der Waals surface area contributed by atoms with E-state index in [1.807, 2.05) is 6.92 Å². The maximum absolute atomic E-state index is 12.7. The summed E-state index contributed by atoms with van der Waals surface area (Å²) in [6, 6.07) is 3.19. The molecule has 16 heteroatoms. The highest BCUT2D eigenvalue weighted by Gasteiger charge is 2.25. The number of methoxy groups -OCH3 is 1. The van der Waals surface area contributed by atoms with E-state index in [4.69, 9.17) is 25.1 Å². The maximum atomic E-state index is 12.7. The van der Waals surface area contributed by atoms with Gasteiger partial charge in [-0.2, -0.15) is 0 Å². The second kappa shape index (κ2) is 22.1. The minimum absolute atomic E-state index is 0.0512. The highest BCUT2D eigenvalue weighted by Crippen LogP contribution is 2.26. The number of hydrogen-bond donors (Lipinski definition) is 7. The number of urea groups is 1. The average molecular weight is 641 g/mol. The van der Waals surface area contributed by atoms with Gasteiger partial charge in [-0.15, -0.1) is 0 Å². The molecule has 1 rings (SSSR count). The lowest BCUT2D eigenvalue weighted by molar-refractivity contribution is -0.148. The third-order valence-electron chi connectivity index (χ3n) is 5.67. The fraction of sp³-hybridized carbons (Fsp3) is 0.586. The summed E-state index contributed by atoms with van der Waals surface area (Å²) in [5.41, 5.74) is 5.42. The first-order valence-corrected chi connectivity index (χ1v) is 14.4. The molecule has 0 bridgehead atoms. The number of rotatable bonds is 18. The van der Waals surface area contributed by atoms with Gasteiger partial charge in [0.05, 0.1) is 24.7 Å². The molecule has 2 atom stereocenters. The zero-order valence-corrected chi connectivity index (χ0v) is 27.0. The van der Waals surface area contributed by atoms with Crippen LogP contribution in [0.4, 0.5) is 10.5 Å². The van der Waals surface area contributed by atoms with Crippen LogP contribution in [0.5, 0.6) is 5.75 Å². The van der Waals surface area contributed by atoms with Crippen LogP contribution in [0.15, 0.2) is 18.2 Å². The zero-order valence-electron chi connectivity index (χ0n) is 27.0. The smallest absolute Gasteiger partial charge is 0.341 e. The van der Waals surface area contributed by atoms with E-state index in [9.17, 15) is 28.8 Å². The number of carboxylic acids is 1. The second-order valence-electron chi connectivity index (χ2n) is 10.4. The standard InChI is InChI=1S/C25H38N4O9.C4H10N2O/c1-14(2)23(29-21(31)10-26-16(5)36-6)24(34)27-11-20(30)28-18-8-7-17(12-38-25(35)15(3)4)9-19(18)37-13-22(32)33;1-2-3-6-4(5)7/h7-9,14-16,23,26H,10-13H2,1-6H3,(H,27,34)(H,28,30)(H,29,31)(H,32,33);2-3H2,1H3,(H3,5,6,7). The molecule has 5 amide bonds. The fourth-order valence-corrected chi connectivity index (χ4v) is 3.14.